The first kappa shape index (κ1) is 18.5. The number of hydrogen-bond acceptors (Lipinski definition) is 7. The molecule has 3 rings (SSSR count). The van der Waals surface area contributed by atoms with Crippen LogP contribution in [0.4, 0.5) is 11.4 Å². The quantitative estimate of drug-likeness (QED) is 0.472. The van der Waals surface area contributed by atoms with Crippen LogP contribution in [-0.2, 0) is 14.3 Å². The van der Waals surface area contributed by atoms with Crippen LogP contribution in [0.5, 0.6) is 11.5 Å². The number of benzene rings is 2. The normalized spacial score (nSPS) is 14.9. The number of fused-ring (bicyclic) bond motifs is 1. The highest BCUT2D eigenvalue weighted by atomic mass is 35.5. The number of nitro groups is 1. The molecule has 1 atom stereocenters. The zero-order chi connectivity index (χ0) is 19.4. The van der Waals surface area contributed by atoms with Gasteiger partial charge in [0.1, 0.15) is 12.3 Å². The largest absolute Gasteiger partial charge is 0.485 e. The molecule has 0 spiro atoms. The van der Waals surface area contributed by atoms with E-state index in [9.17, 15) is 19.7 Å². The summed E-state index contributed by atoms with van der Waals surface area (Å²) in [5.74, 6) is -0.650. The molecule has 1 amide bonds. The second-order valence-corrected chi connectivity index (χ2v) is 5.88. The number of nitrogens with zero attached hydrogens (tertiary/aromatic N) is 1. The maximum atomic E-state index is 12.1. The number of hydrogen-bond donors (Lipinski definition) is 1. The van der Waals surface area contributed by atoms with E-state index in [1.165, 1.54) is 12.1 Å². The van der Waals surface area contributed by atoms with Crippen LogP contribution in [0.1, 0.15) is 0 Å². The molecule has 0 radical (unpaired) electrons. The van der Waals surface area contributed by atoms with E-state index in [1.807, 2.05) is 0 Å². The van der Waals surface area contributed by atoms with Gasteiger partial charge in [-0.1, -0.05) is 23.7 Å². The van der Waals surface area contributed by atoms with Gasteiger partial charge in [0.25, 0.3) is 11.6 Å². The van der Waals surface area contributed by atoms with Crippen LogP contribution in [0, 0.1) is 10.1 Å². The Morgan fingerprint density at radius 1 is 1.26 bits per heavy atom. The Kier molecular flexibility index (Phi) is 5.41. The van der Waals surface area contributed by atoms with Crippen molar-refractivity contribution >= 4 is 34.9 Å². The van der Waals surface area contributed by atoms with Gasteiger partial charge >= 0.3 is 5.97 Å². The monoisotopic (exact) mass is 392 g/mol. The molecule has 10 heteroatoms. The van der Waals surface area contributed by atoms with Gasteiger partial charge in [-0.15, -0.1) is 0 Å². The number of nitrogens with one attached hydrogen (secondary N) is 1. The average Bonchev–Trinajstić information content (AvgIpc) is 2.65. The molecular formula is C17H13ClN2O7. The number of rotatable bonds is 5. The zero-order valence-corrected chi connectivity index (χ0v) is 14.5. The number of esters is 1. The zero-order valence-electron chi connectivity index (χ0n) is 13.7. The molecule has 2 aromatic carbocycles. The van der Waals surface area contributed by atoms with E-state index < -0.39 is 29.5 Å². The van der Waals surface area contributed by atoms with E-state index in [1.54, 1.807) is 24.3 Å². The van der Waals surface area contributed by atoms with Gasteiger partial charge in [-0.05, 0) is 24.3 Å². The summed E-state index contributed by atoms with van der Waals surface area (Å²) >= 11 is 5.79. The predicted molar refractivity (Wildman–Crippen MR) is 94.0 cm³/mol. The van der Waals surface area contributed by atoms with Crippen molar-refractivity contribution in [2.24, 2.45) is 0 Å². The van der Waals surface area contributed by atoms with Crippen LogP contribution in [0.2, 0.25) is 5.02 Å². The molecule has 0 saturated carbocycles. The maximum Gasteiger partial charge on any atom is 0.351 e. The van der Waals surface area contributed by atoms with Crippen LogP contribution in [0.3, 0.4) is 0 Å². The summed E-state index contributed by atoms with van der Waals surface area (Å²) in [6.07, 6.45) is -1.02. The topological polar surface area (TPSA) is 117 Å². The summed E-state index contributed by atoms with van der Waals surface area (Å²) in [4.78, 5) is 34.3. The highest BCUT2D eigenvalue weighted by molar-refractivity contribution is 6.31. The molecule has 0 fully saturated rings. The molecule has 1 unspecified atom stereocenters. The highest BCUT2D eigenvalue weighted by Crippen LogP contribution is 2.31. The molecule has 140 valence electrons. The van der Waals surface area contributed by atoms with Gasteiger partial charge in [-0.25, -0.2) is 4.79 Å². The Balaban J connectivity index is 1.56. The third-order valence-corrected chi connectivity index (χ3v) is 3.78. The Hall–Kier alpha value is -3.33. The number of para-hydroxylation sites is 2. The first-order chi connectivity index (χ1) is 12.9. The lowest BCUT2D eigenvalue weighted by Crippen LogP contribution is -2.39. The molecule has 1 aliphatic rings. The van der Waals surface area contributed by atoms with Crippen molar-refractivity contribution in [2.45, 2.75) is 6.10 Å². The van der Waals surface area contributed by atoms with Crippen molar-refractivity contribution in [3.63, 3.8) is 0 Å². The highest BCUT2D eigenvalue weighted by Gasteiger charge is 2.29. The van der Waals surface area contributed by atoms with Crippen molar-refractivity contribution in [1.29, 1.82) is 0 Å². The van der Waals surface area contributed by atoms with Crippen LogP contribution in [0.15, 0.2) is 42.5 Å². The molecule has 1 heterocycles. The molecule has 27 heavy (non-hydrogen) atoms. The van der Waals surface area contributed by atoms with E-state index in [4.69, 9.17) is 25.8 Å². The molecule has 0 aliphatic carbocycles. The minimum Gasteiger partial charge on any atom is -0.485 e. The third-order valence-electron chi connectivity index (χ3n) is 3.55. The molecule has 1 aliphatic heterocycles. The summed E-state index contributed by atoms with van der Waals surface area (Å²) in [7, 11) is 0. The fourth-order valence-electron chi connectivity index (χ4n) is 2.32. The Morgan fingerprint density at radius 2 is 2.00 bits per heavy atom. The molecule has 0 bridgehead atoms. The summed E-state index contributed by atoms with van der Waals surface area (Å²) in [6, 6.07) is 10.5. The summed E-state index contributed by atoms with van der Waals surface area (Å²) in [5.41, 5.74) is -0.431. The van der Waals surface area contributed by atoms with Crippen molar-refractivity contribution in [3.05, 3.63) is 57.6 Å². The van der Waals surface area contributed by atoms with Crippen molar-refractivity contribution in [3.8, 4) is 11.5 Å². The molecular weight excluding hydrogens is 380 g/mol. The lowest BCUT2D eigenvalue weighted by molar-refractivity contribution is -0.383. The fraction of sp³-hybridized carbons (Fsp3) is 0.176. The smallest absolute Gasteiger partial charge is 0.351 e. The Labute approximate surface area is 157 Å². The predicted octanol–water partition coefficient (Wildman–Crippen LogP) is 2.57. The van der Waals surface area contributed by atoms with Gasteiger partial charge in [0, 0.05) is 11.1 Å². The number of carbonyl (C=O) groups excluding carboxylic acids is 2. The Bertz CT molecular complexity index is 903. The third kappa shape index (κ3) is 4.45. The molecule has 0 aromatic heterocycles. The van der Waals surface area contributed by atoms with E-state index >= 15 is 0 Å². The number of amides is 1. The number of ether oxygens (including phenoxy) is 3. The number of carbonyl (C=O) groups is 2. The number of halogens is 1. The SMILES string of the molecule is O=C(COC(=O)C1COc2ccccc2O1)Nc1cc(Cl)ccc1[N+](=O)[O-]. The lowest BCUT2D eigenvalue weighted by atomic mass is 10.2. The molecule has 1 N–H and O–H groups in total. The van der Waals surface area contributed by atoms with Gasteiger partial charge in [-0.3, -0.25) is 14.9 Å². The van der Waals surface area contributed by atoms with E-state index in [0.29, 0.717) is 11.5 Å². The van der Waals surface area contributed by atoms with Gasteiger partial charge in [0.05, 0.1) is 4.92 Å². The minimum absolute atomic E-state index is 0.0583. The molecule has 0 saturated heterocycles. The van der Waals surface area contributed by atoms with Crippen LogP contribution < -0.4 is 14.8 Å². The fourth-order valence-corrected chi connectivity index (χ4v) is 2.49. The van der Waals surface area contributed by atoms with E-state index in [-0.39, 0.29) is 23.0 Å². The van der Waals surface area contributed by atoms with Gasteiger partial charge < -0.3 is 19.5 Å². The van der Waals surface area contributed by atoms with Crippen molar-refractivity contribution in [1.82, 2.24) is 0 Å². The number of nitro benzene ring substituents is 1. The van der Waals surface area contributed by atoms with E-state index in [2.05, 4.69) is 5.32 Å². The summed E-state index contributed by atoms with van der Waals surface area (Å²) in [5, 5.41) is 13.5. The lowest BCUT2D eigenvalue weighted by Gasteiger charge is -2.24. The summed E-state index contributed by atoms with van der Waals surface area (Å²) < 4.78 is 15.8. The van der Waals surface area contributed by atoms with Crippen LogP contribution >= 0.6 is 11.6 Å². The minimum atomic E-state index is -1.02. The number of anilines is 1. The van der Waals surface area contributed by atoms with Crippen LogP contribution in [-0.4, -0.2) is 36.1 Å². The molecule has 9 nitrogen and oxygen atoms in total. The maximum absolute atomic E-state index is 12.1. The van der Waals surface area contributed by atoms with Gasteiger partial charge in [-0.2, -0.15) is 0 Å². The second kappa shape index (κ2) is 7.92. The van der Waals surface area contributed by atoms with Crippen LogP contribution in [0.25, 0.3) is 0 Å². The first-order valence-corrected chi connectivity index (χ1v) is 8.11. The first-order valence-electron chi connectivity index (χ1n) is 7.73. The van der Waals surface area contributed by atoms with Crippen molar-refractivity contribution < 1.29 is 28.7 Å². The van der Waals surface area contributed by atoms with Gasteiger partial charge in [0.15, 0.2) is 18.1 Å². The van der Waals surface area contributed by atoms with E-state index in [0.717, 1.165) is 6.07 Å². The second-order valence-electron chi connectivity index (χ2n) is 5.44. The standard InChI is InChI=1S/C17H13ClN2O7/c18-10-5-6-12(20(23)24)11(7-10)19-16(21)9-26-17(22)15-8-25-13-3-1-2-4-14(13)27-15/h1-7,15H,8-9H2,(H,19,21). The Morgan fingerprint density at radius 3 is 2.74 bits per heavy atom. The van der Waals surface area contributed by atoms with Gasteiger partial charge in [0.2, 0.25) is 6.10 Å². The summed E-state index contributed by atoms with van der Waals surface area (Å²) in [6.45, 7) is -0.707. The average molecular weight is 393 g/mol. The van der Waals surface area contributed by atoms with Crippen molar-refractivity contribution in [2.75, 3.05) is 18.5 Å². The molecule has 2 aromatic rings.